The minimum Gasteiger partial charge on any atom is -0.342 e. The Kier molecular flexibility index (Phi) is 5.69. The third kappa shape index (κ3) is 4.07. The van der Waals surface area contributed by atoms with Gasteiger partial charge in [0.05, 0.1) is 18.1 Å². The summed E-state index contributed by atoms with van der Waals surface area (Å²) in [6.45, 7) is 3.15. The summed E-state index contributed by atoms with van der Waals surface area (Å²) < 4.78 is 0. The number of likely N-dealkylation sites (N-methyl/N-ethyl adjacent to an activating group) is 1. The van der Waals surface area contributed by atoms with E-state index in [-0.39, 0.29) is 17.4 Å². The standard InChI is InChI=1S/C20H24N4O3/c1-3-4-5-17-20(27)23(2)10-11-24(17)19(26)15-8-6-14(7-9-15)16-12-21-13-18(25)22-16/h6-9,12-13,17H,3-5,10-11H2,1-2H3,(H,22,25). The van der Waals surface area contributed by atoms with Crippen molar-refractivity contribution >= 4 is 11.8 Å². The molecule has 2 heterocycles. The van der Waals surface area contributed by atoms with Crippen molar-refractivity contribution in [3.05, 3.63) is 52.6 Å². The van der Waals surface area contributed by atoms with Gasteiger partial charge in [0.2, 0.25) is 5.91 Å². The second kappa shape index (κ2) is 8.16. The van der Waals surface area contributed by atoms with Gasteiger partial charge < -0.3 is 14.8 Å². The van der Waals surface area contributed by atoms with Crippen LogP contribution in [0, 0.1) is 0 Å². The van der Waals surface area contributed by atoms with Gasteiger partial charge in [-0.15, -0.1) is 0 Å². The fraction of sp³-hybridized carbons (Fsp3) is 0.400. The number of H-pyrrole nitrogens is 1. The molecule has 1 atom stereocenters. The molecule has 1 aliphatic heterocycles. The van der Waals surface area contributed by atoms with E-state index < -0.39 is 6.04 Å². The Bertz CT molecular complexity index is 875. The van der Waals surface area contributed by atoms with E-state index in [0.717, 1.165) is 18.4 Å². The summed E-state index contributed by atoms with van der Waals surface area (Å²) >= 11 is 0. The highest BCUT2D eigenvalue weighted by Gasteiger charge is 2.35. The predicted molar refractivity (Wildman–Crippen MR) is 102 cm³/mol. The Morgan fingerprint density at radius 2 is 1.93 bits per heavy atom. The lowest BCUT2D eigenvalue weighted by molar-refractivity contribution is -0.138. The lowest BCUT2D eigenvalue weighted by atomic mass is 10.0. The molecule has 1 fully saturated rings. The minimum atomic E-state index is -0.398. The molecule has 142 valence electrons. The van der Waals surface area contributed by atoms with Gasteiger partial charge in [0.15, 0.2) is 0 Å². The maximum atomic E-state index is 13.0. The quantitative estimate of drug-likeness (QED) is 0.873. The Morgan fingerprint density at radius 3 is 2.59 bits per heavy atom. The Hall–Kier alpha value is -2.96. The van der Waals surface area contributed by atoms with E-state index in [0.29, 0.717) is 30.8 Å². The van der Waals surface area contributed by atoms with Crippen molar-refractivity contribution in [1.82, 2.24) is 19.8 Å². The highest BCUT2D eigenvalue weighted by Crippen LogP contribution is 2.21. The van der Waals surface area contributed by atoms with Crippen molar-refractivity contribution in [1.29, 1.82) is 0 Å². The van der Waals surface area contributed by atoms with Crippen LogP contribution in [0.15, 0.2) is 41.5 Å². The lowest BCUT2D eigenvalue weighted by Crippen LogP contribution is -2.57. The molecular formula is C20H24N4O3. The van der Waals surface area contributed by atoms with Crippen molar-refractivity contribution < 1.29 is 9.59 Å². The number of nitrogens with one attached hydrogen (secondary N) is 1. The van der Waals surface area contributed by atoms with Crippen LogP contribution in [-0.2, 0) is 4.79 Å². The number of rotatable bonds is 5. The summed E-state index contributed by atoms with van der Waals surface area (Å²) in [4.78, 5) is 47.0. The van der Waals surface area contributed by atoms with Crippen LogP contribution in [0.1, 0.15) is 36.5 Å². The maximum Gasteiger partial charge on any atom is 0.266 e. The number of hydrogen-bond acceptors (Lipinski definition) is 4. The van der Waals surface area contributed by atoms with Crippen molar-refractivity contribution in [2.45, 2.75) is 32.2 Å². The van der Waals surface area contributed by atoms with Gasteiger partial charge in [-0.05, 0) is 24.1 Å². The first-order valence-electron chi connectivity index (χ1n) is 9.22. The molecule has 0 aliphatic carbocycles. The Labute approximate surface area is 158 Å². The number of carbonyl (C=O) groups excluding carboxylic acids is 2. The van der Waals surface area contributed by atoms with Crippen molar-refractivity contribution in [3.8, 4) is 11.3 Å². The Balaban J connectivity index is 1.81. The molecule has 0 saturated carbocycles. The number of benzene rings is 1. The molecule has 1 unspecified atom stereocenters. The third-order valence-corrected chi connectivity index (χ3v) is 4.90. The van der Waals surface area contributed by atoms with Crippen LogP contribution in [-0.4, -0.2) is 57.8 Å². The number of aromatic amines is 1. The van der Waals surface area contributed by atoms with E-state index in [2.05, 4.69) is 16.9 Å². The van der Waals surface area contributed by atoms with Crippen LogP contribution in [0.4, 0.5) is 0 Å². The van der Waals surface area contributed by atoms with Gasteiger partial charge in [-0.1, -0.05) is 31.9 Å². The molecule has 27 heavy (non-hydrogen) atoms. The molecule has 0 bridgehead atoms. The SMILES string of the molecule is CCCCC1C(=O)N(C)CCN1C(=O)c1ccc(-c2cncc(=O)[nH]2)cc1. The molecule has 0 radical (unpaired) electrons. The van der Waals surface area contributed by atoms with Gasteiger partial charge >= 0.3 is 0 Å². The summed E-state index contributed by atoms with van der Waals surface area (Å²) in [5, 5.41) is 0. The fourth-order valence-corrected chi connectivity index (χ4v) is 3.31. The van der Waals surface area contributed by atoms with E-state index in [1.54, 1.807) is 47.3 Å². The first-order valence-corrected chi connectivity index (χ1v) is 9.22. The number of hydrogen-bond donors (Lipinski definition) is 1. The number of unbranched alkanes of at least 4 members (excludes halogenated alkanes) is 1. The molecule has 1 aliphatic rings. The average molecular weight is 368 g/mol. The molecule has 1 N–H and O–H groups in total. The molecule has 1 saturated heterocycles. The van der Waals surface area contributed by atoms with Gasteiger partial charge in [0, 0.05) is 25.7 Å². The average Bonchev–Trinajstić information content (AvgIpc) is 2.69. The number of aromatic nitrogens is 2. The van der Waals surface area contributed by atoms with Crippen molar-refractivity contribution in [2.75, 3.05) is 20.1 Å². The van der Waals surface area contributed by atoms with Gasteiger partial charge in [0.1, 0.15) is 6.04 Å². The van der Waals surface area contributed by atoms with Crippen LogP contribution in [0.5, 0.6) is 0 Å². The molecule has 1 aromatic heterocycles. The maximum absolute atomic E-state index is 13.0. The first-order chi connectivity index (χ1) is 13.0. The largest absolute Gasteiger partial charge is 0.342 e. The molecule has 2 aromatic rings. The smallest absolute Gasteiger partial charge is 0.266 e. The van der Waals surface area contributed by atoms with E-state index in [1.165, 1.54) is 6.20 Å². The third-order valence-electron chi connectivity index (χ3n) is 4.90. The van der Waals surface area contributed by atoms with Crippen molar-refractivity contribution in [2.24, 2.45) is 0 Å². The molecular weight excluding hydrogens is 344 g/mol. The molecule has 7 nitrogen and oxygen atoms in total. The zero-order valence-corrected chi connectivity index (χ0v) is 15.6. The lowest BCUT2D eigenvalue weighted by Gasteiger charge is -2.39. The molecule has 2 amide bonds. The monoisotopic (exact) mass is 368 g/mol. The first kappa shape index (κ1) is 18.8. The van der Waals surface area contributed by atoms with Gasteiger partial charge in [0.25, 0.3) is 11.5 Å². The summed E-state index contributed by atoms with van der Waals surface area (Å²) in [6.07, 6.45) is 5.34. The summed E-state index contributed by atoms with van der Waals surface area (Å²) in [5.74, 6) is -0.128. The molecule has 0 spiro atoms. The van der Waals surface area contributed by atoms with E-state index >= 15 is 0 Å². The van der Waals surface area contributed by atoms with E-state index in [1.807, 2.05) is 0 Å². The van der Waals surface area contributed by atoms with E-state index in [4.69, 9.17) is 0 Å². The highest BCUT2D eigenvalue weighted by molar-refractivity contribution is 5.98. The van der Waals surface area contributed by atoms with Gasteiger partial charge in [-0.25, -0.2) is 0 Å². The summed E-state index contributed by atoms with van der Waals surface area (Å²) in [5.41, 5.74) is 1.62. The van der Waals surface area contributed by atoms with Gasteiger partial charge in [-0.2, -0.15) is 0 Å². The van der Waals surface area contributed by atoms with Crippen LogP contribution in [0.2, 0.25) is 0 Å². The predicted octanol–water partition coefficient (Wildman–Crippen LogP) is 1.91. The normalized spacial score (nSPS) is 17.3. The fourth-order valence-electron chi connectivity index (χ4n) is 3.31. The number of nitrogens with zero attached hydrogens (tertiary/aromatic N) is 3. The second-order valence-corrected chi connectivity index (χ2v) is 6.80. The van der Waals surface area contributed by atoms with Crippen LogP contribution >= 0.6 is 0 Å². The second-order valence-electron chi connectivity index (χ2n) is 6.80. The van der Waals surface area contributed by atoms with E-state index in [9.17, 15) is 14.4 Å². The number of amides is 2. The van der Waals surface area contributed by atoms with Crippen molar-refractivity contribution in [3.63, 3.8) is 0 Å². The topological polar surface area (TPSA) is 86.4 Å². The summed E-state index contributed by atoms with van der Waals surface area (Å²) in [6, 6.07) is 6.61. The number of piperazine rings is 1. The van der Waals surface area contributed by atoms with Gasteiger partial charge in [-0.3, -0.25) is 19.4 Å². The zero-order valence-electron chi connectivity index (χ0n) is 15.6. The molecule has 3 rings (SSSR count). The number of carbonyl (C=O) groups is 2. The van der Waals surface area contributed by atoms with Crippen LogP contribution in [0.25, 0.3) is 11.3 Å². The minimum absolute atomic E-state index is 0.00704. The Morgan fingerprint density at radius 1 is 1.19 bits per heavy atom. The van der Waals surface area contributed by atoms with Crippen LogP contribution in [0.3, 0.4) is 0 Å². The highest BCUT2D eigenvalue weighted by atomic mass is 16.2. The molecule has 7 heteroatoms. The molecule has 1 aromatic carbocycles. The van der Waals surface area contributed by atoms with Crippen LogP contribution < -0.4 is 5.56 Å². The zero-order chi connectivity index (χ0) is 19.4. The summed E-state index contributed by atoms with van der Waals surface area (Å²) in [7, 11) is 1.78.